The predicted molar refractivity (Wildman–Crippen MR) is 35.4 cm³/mol. The van der Waals surface area contributed by atoms with Crippen LogP contribution in [0, 0.1) is 5.92 Å². The first kappa shape index (κ1) is 10.3. The van der Waals surface area contributed by atoms with Gasteiger partial charge in [0, 0.05) is 5.92 Å². The minimum absolute atomic E-state index is 0.188. The molecule has 66 valence electrons. The molecule has 0 bridgehead atoms. The summed E-state index contributed by atoms with van der Waals surface area (Å²) in [6.07, 6.45) is -2.69. The zero-order chi connectivity index (χ0) is 9.02. The molecular weight excluding hydrogens is 156 g/mol. The van der Waals surface area contributed by atoms with Crippen LogP contribution in [0.25, 0.3) is 0 Å². The topological polar surface area (TPSA) is 63.3 Å². The van der Waals surface area contributed by atoms with Gasteiger partial charge in [-0.05, 0) is 6.42 Å². The van der Waals surface area contributed by atoms with E-state index in [9.17, 15) is 13.6 Å². The standard InChI is InChI=1S/C6H11F2NO2/c1-3(5(7)8)2-4(9)6(10)11/h3-5H,2,9H2,1H3,(H,10,11). The molecule has 0 amide bonds. The molecule has 0 saturated heterocycles. The Labute approximate surface area is 63.2 Å². The predicted octanol–water partition coefficient (Wildman–Crippen LogP) is 0.690. The third-order valence-electron chi connectivity index (χ3n) is 1.37. The van der Waals surface area contributed by atoms with Crippen molar-refractivity contribution < 1.29 is 18.7 Å². The average molecular weight is 167 g/mol. The van der Waals surface area contributed by atoms with Crippen LogP contribution >= 0.6 is 0 Å². The zero-order valence-corrected chi connectivity index (χ0v) is 6.13. The second kappa shape index (κ2) is 4.23. The van der Waals surface area contributed by atoms with E-state index in [1.807, 2.05) is 0 Å². The van der Waals surface area contributed by atoms with Crippen LogP contribution in [-0.2, 0) is 4.79 Å². The largest absolute Gasteiger partial charge is 0.480 e. The van der Waals surface area contributed by atoms with E-state index < -0.39 is 24.4 Å². The molecule has 0 rings (SSSR count). The van der Waals surface area contributed by atoms with Crippen molar-refractivity contribution in [2.45, 2.75) is 25.8 Å². The molecule has 11 heavy (non-hydrogen) atoms. The number of aliphatic carboxylic acids is 1. The van der Waals surface area contributed by atoms with Crippen molar-refractivity contribution in [3.8, 4) is 0 Å². The van der Waals surface area contributed by atoms with Crippen LogP contribution in [0.1, 0.15) is 13.3 Å². The summed E-state index contributed by atoms with van der Waals surface area (Å²) in [6, 6.07) is -1.18. The summed E-state index contributed by atoms with van der Waals surface area (Å²) in [4.78, 5) is 10.1. The molecule has 0 heterocycles. The van der Waals surface area contributed by atoms with Gasteiger partial charge >= 0.3 is 5.97 Å². The van der Waals surface area contributed by atoms with Crippen LogP contribution in [0.3, 0.4) is 0 Å². The van der Waals surface area contributed by atoms with Crippen LogP contribution in [0.2, 0.25) is 0 Å². The summed E-state index contributed by atoms with van der Waals surface area (Å²) in [6.45, 7) is 1.27. The Hall–Kier alpha value is -0.710. The molecule has 0 aromatic carbocycles. The molecule has 0 aromatic rings. The van der Waals surface area contributed by atoms with Gasteiger partial charge in [-0.1, -0.05) is 6.92 Å². The minimum Gasteiger partial charge on any atom is -0.480 e. The fourth-order valence-electron chi connectivity index (χ4n) is 0.604. The normalized spacial score (nSPS) is 16.5. The van der Waals surface area contributed by atoms with E-state index >= 15 is 0 Å². The Morgan fingerprint density at radius 3 is 2.36 bits per heavy atom. The van der Waals surface area contributed by atoms with E-state index in [1.54, 1.807) is 0 Å². The van der Waals surface area contributed by atoms with Gasteiger partial charge in [0.2, 0.25) is 6.43 Å². The van der Waals surface area contributed by atoms with Gasteiger partial charge in [0.15, 0.2) is 0 Å². The van der Waals surface area contributed by atoms with E-state index in [2.05, 4.69) is 0 Å². The first-order valence-corrected chi connectivity index (χ1v) is 3.21. The van der Waals surface area contributed by atoms with Crippen molar-refractivity contribution in [2.24, 2.45) is 11.7 Å². The molecule has 0 aliphatic carbocycles. The lowest BCUT2D eigenvalue weighted by atomic mass is 10.0. The van der Waals surface area contributed by atoms with Gasteiger partial charge in [-0.25, -0.2) is 8.78 Å². The van der Waals surface area contributed by atoms with Gasteiger partial charge in [-0.15, -0.1) is 0 Å². The quantitative estimate of drug-likeness (QED) is 0.647. The van der Waals surface area contributed by atoms with Gasteiger partial charge in [-0.3, -0.25) is 4.79 Å². The van der Waals surface area contributed by atoms with Gasteiger partial charge < -0.3 is 10.8 Å². The third kappa shape index (κ3) is 3.87. The van der Waals surface area contributed by atoms with Crippen LogP contribution in [0.4, 0.5) is 8.78 Å². The van der Waals surface area contributed by atoms with E-state index in [0.717, 1.165) is 0 Å². The Morgan fingerprint density at radius 1 is 1.64 bits per heavy atom. The highest BCUT2D eigenvalue weighted by Gasteiger charge is 2.21. The maximum atomic E-state index is 11.8. The highest BCUT2D eigenvalue weighted by atomic mass is 19.3. The number of carboxylic acid groups (broad SMARTS) is 1. The van der Waals surface area contributed by atoms with Crippen LogP contribution in [0.15, 0.2) is 0 Å². The lowest BCUT2D eigenvalue weighted by molar-refractivity contribution is -0.139. The molecule has 2 unspecified atom stereocenters. The first-order chi connectivity index (χ1) is 4.95. The summed E-state index contributed by atoms with van der Waals surface area (Å²) < 4.78 is 23.6. The molecule has 5 heteroatoms. The Bertz CT molecular complexity index is 141. The Kier molecular flexibility index (Phi) is 3.95. The lowest BCUT2D eigenvalue weighted by Gasteiger charge is -2.12. The summed E-state index contributed by atoms with van der Waals surface area (Å²) >= 11 is 0. The minimum atomic E-state index is -2.50. The van der Waals surface area contributed by atoms with Gasteiger partial charge in [0.25, 0.3) is 0 Å². The number of carbonyl (C=O) groups is 1. The van der Waals surface area contributed by atoms with Gasteiger partial charge in [-0.2, -0.15) is 0 Å². The third-order valence-corrected chi connectivity index (χ3v) is 1.37. The monoisotopic (exact) mass is 167 g/mol. The summed E-state index contributed by atoms with van der Waals surface area (Å²) in [5.74, 6) is -2.20. The molecule has 0 aliphatic heterocycles. The second-order valence-corrected chi connectivity index (χ2v) is 2.49. The van der Waals surface area contributed by atoms with Crippen LogP contribution < -0.4 is 5.73 Å². The molecule has 0 aliphatic rings. The van der Waals surface area contributed by atoms with Gasteiger partial charge in [0.1, 0.15) is 6.04 Å². The van der Waals surface area contributed by atoms with Crippen molar-refractivity contribution in [3.63, 3.8) is 0 Å². The fourth-order valence-corrected chi connectivity index (χ4v) is 0.604. The number of rotatable bonds is 4. The van der Waals surface area contributed by atoms with E-state index in [1.165, 1.54) is 6.92 Å². The van der Waals surface area contributed by atoms with Crippen molar-refractivity contribution in [2.75, 3.05) is 0 Å². The first-order valence-electron chi connectivity index (χ1n) is 3.21. The van der Waals surface area contributed by atoms with Crippen LogP contribution in [-0.4, -0.2) is 23.5 Å². The average Bonchev–Trinajstić information content (AvgIpc) is 1.87. The van der Waals surface area contributed by atoms with Crippen molar-refractivity contribution in [3.05, 3.63) is 0 Å². The number of alkyl halides is 2. The number of hydrogen-bond donors (Lipinski definition) is 2. The summed E-state index contributed by atoms with van der Waals surface area (Å²) in [7, 11) is 0. The number of nitrogens with two attached hydrogens (primary N) is 1. The number of hydrogen-bond acceptors (Lipinski definition) is 2. The molecule has 3 N–H and O–H groups in total. The fraction of sp³-hybridized carbons (Fsp3) is 0.833. The Morgan fingerprint density at radius 2 is 2.09 bits per heavy atom. The van der Waals surface area contributed by atoms with E-state index in [0.29, 0.717) is 0 Å². The van der Waals surface area contributed by atoms with Crippen LogP contribution in [0.5, 0.6) is 0 Å². The molecule has 0 fully saturated rings. The highest BCUT2D eigenvalue weighted by molar-refractivity contribution is 5.72. The molecule has 0 radical (unpaired) electrons. The maximum Gasteiger partial charge on any atom is 0.320 e. The van der Waals surface area contributed by atoms with Crippen molar-refractivity contribution >= 4 is 5.97 Å². The smallest absolute Gasteiger partial charge is 0.320 e. The summed E-state index contributed by atoms with van der Waals surface area (Å²) in [5.41, 5.74) is 5.02. The highest BCUT2D eigenvalue weighted by Crippen LogP contribution is 2.14. The maximum absolute atomic E-state index is 11.8. The summed E-state index contributed by atoms with van der Waals surface area (Å²) in [5, 5.41) is 8.24. The molecule has 3 nitrogen and oxygen atoms in total. The van der Waals surface area contributed by atoms with Crippen molar-refractivity contribution in [1.82, 2.24) is 0 Å². The number of carboxylic acids is 1. The molecule has 0 aromatic heterocycles. The van der Waals surface area contributed by atoms with E-state index in [-0.39, 0.29) is 6.42 Å². The Balaban J connectivity index is 3.75. The molecule has 2 atom stereocenters. The SMILES string of the molecule is CC(CC(N)C(=O)O)C(F)F. The molecule has 0 saturated carbocycles. The zero-order valence-electron chi connectivity index (χ0n) is 6.13. The second-order valence-electron chi connectivity index (χ2n) is 2.49. The van der Waals surface area contributed by atoms with E-state index in [4.69, 9.17) is 10.8 Å². The van der Waals surface area contributed by atoms with Gasteiger partial charge in [0.05, 0.1) is 0 Å². The number of halogens is 2. The molecule has 0 spiro atoms. The lowest BCUT2D eigenvalue weighted by Crippen LogP contribution is -2.33. The molecular formula is C6H11F2NO2. The van der Waals surface area contributed by atoms with Crippen molar-refractivity contribution in [1.29, 1.82) is 0 Å².